The molecule has 0 N–H and O–H groups in total. The van der Waals surface area contributed by atoms with Crippen molar-refractivity contribution in [3.63, 3.8) is 0 Å². The molecule has 1 saturated heterocycles. The fraction of sp³-hybridized carbons (Fsp3) is 0.500. The first-order chi connectivity index (χ1) is 8.27. The van der Waals surface area contributed by atoms with Crippen molar-refractivity contribution < 1.29 is 9.53 Å². The van der Waals surface area contributed by atoms with E-state index in [0.29, 0.717) is 18.1 Å². The Hall–Kier alpha value is -0.800. The molecule has 92 valence electrons. The molecule has 1 aliphatic heterocycles. The summed E-state index contributed by atoms with van der Waals surface area (Å²) in [5.41, 5.74) is 2.63. The summed E-state index contributed by atoms with van der Waals surface area (Å²) in [6.07, 6.45) is 0.907. The molecule has 0 bridgehead atoms. The first kappa shape index (κ1) is 12.7. The summed E-state index contributed by atoms with van der Waals surface area (Å²) >= 11 is 1.71. The van der Waals surface area contributed by atoms with Gasteiger partial charge in [-0.15, -0.1) is 11.8 Å². The Balaban J connectivity index is 1.76. The third-order valence-electron chi connectivity index (χ3n) is 3.15. The zero-order chi connectivity index (χ0) is 12.1. The third kappa shape index (κ3) is 3.58. The molecule has 2 nitrogen and oxygen atoms in total. The quantitative estimate of drug-likeness (QED) is 0.804. The highest BCUT2D eigenvalue weighted by atomic mass is 32.2. The normalized spacial score (nSPS) is 19.5. The number of thioether (sulfide) groups is 1. The van der Waals surface area contributed by atoms with Gasteiger partial charge in [-0.2, -0.15) is 0 Å². The summed E-state index contributed by atoms with van der Waals surface area (Å²) in [5.74, 6) is 2.04. The van der Waals surface area contributed by atoms with Gasteiger partial charge in [-0.05, 0) is 24.5 Å². The van der Waals surface area contributed by atoms with Crippen LogP contribution >= 0.6 is 11.8 Å². The van der Waals surface area contributed by atoms with E-state index in [1.54, 1.807) is 11.8 Å². The maximum Gasteiger partial charge on any atom is 0.148 e. The van der Waals surface area contributed by atoms with Crippen molar-refractivity contribution in [1.82, 2.24) is 0 Å². The van der Waals surface area contributed by atoms with E-state index in [9.17, 15) is 4.79 Å². The molecule has 1 heterocycles. The van der Waals surface area contributed by atoms with Crippen LogP contribution in [0.5, 0.6) is 0 Å². The predicted molar refractivity (Wildman–Crippen MR) is 71.3 cm³/mol. The van der Waals surface area contributed by atoms with E-state index in [1.807, 2.05) is 6.07 Å². The summed E-state index contributed by atoms with van der Waals surface area (Å²) < 4.78 is 5.23. The summed E-state index contributed by atoms with van der Waals surface area (Å²) in [6, 6.07) is 8.34. The Morgan fingerprint density at radius 3 is 3.00 bits per heavy atom. The Morgan fingerprint density at radius 1 is 1.47 bits per heavy atom. The second-order valence-electron chi connectivity index (χ2n) is 4.45. The topological polar surface area (TPSA) is 26.3 Å². The highest BCUT2D eigenvalue weighted by Gasteiger charge is 2.22. The average molecular weight is 250 g/mol. The van der Waals surface area contributed by atoms with Gasteiger partial charge in [0.05, 0.1) is 12.4 Å². The number of hydrogen-bond donors (Lipinski definition) is 0. The second kappa shape index (κ2) is 6.22. The number of aryl methyl sites for hydroxylation is 1. The van der Waals surface area contributed by atoms with Crippen molar-refractivity contribution in [2.24, 2.45) is 5.92 Å². The molecule has 0 amide bonds. The van der Waals surface area contributed by atoms with Crippen LogP contribution in [0.15, 0.2) is 24.3 Å². The first-order valence-electron chi connectivity index (χ1n) is 6.00. The van der Waals surface area contributed by atoms with Crippen LogP contribution in [-0.2, 0) is 15.3 Å². The van der Waals surface area contributed by atoms with Gasteiger partial charge in [0.1, 0.15) is 5.78 Å². The fourth-order valence-corrected chi connectivity index (χ4v) is 3.02. The van der Waals surface area contributed by atoms with Gasteiger partial charge in [-0.25, -0.2) is 0 Å². The van der Waals surface area contributed by atoms with Gasteiger partial charge in [0.25, 0.3) is 0 Å². The van der Waals surface area contributed by atoms with Gasteiger partial charge in [-0.1, -0.05) is 24.3 Å². The molecule has 1 unspecified atom stereocenters. The molecule has 0 saturated carbocycles. The predicted octanol–water partition coefficient (Wildman–Crippen LogP) is 2.83. The molecule has 1 aromatic carbocycles. The van der Waals surface area contributed by atoms with E-state index < -0.39 is 0 Å². The molecule has 1 aliphatic rings. The lowest BCUT2D eigenvalue weighted by Crippen LogP contribution is -2.16. The summed E-state index contributed by atoms with van der Waals surface area (Å²) in [6.45, 7) is 3.49. The maximum absolute atomic E-state index is 11.8. The van der Waals surface area contributed by atoms with Crippen molar-refractivity contribution in [2.75, 3.05) is 19.0 Å². The molecule has 0 aliphatic carbocycles. The Bertz CT molecular complexity index is 384. The van der Waals surface area contributed by atoms with Crippen molar-refractivity contribution in [1.29, 1.82) is 0 Å². The van der Waals surface area contributed by atoms with Crippen LogP contribution in [0, 0.1) is 12.8 Å². The Morgan fingerprint density at radius 2 is 2.29 bits per heavy atom. The summed E-state index contributed by atoms with van der Waals surface area (Å²) in [4.78, 5) is 11.8. The van der Waals surface area contributed by atoms with E-state index in [0.717, 1.165) is 18.8 Å². The number of hydrogen-bond acceptors (Lipinski definition) is 3. The molecule has 17 heavy (non-hydrogen) atoms. The number of Topliss-reactive ketones (excluding diaryl/α,β-unsaturated/α-hetero) is 1. The molecule has 0 spiro atoms. The van der Waals surface area contributed by atoms with Crippen LogP contribution < -0.4 is 0 Å². The van der Waals surface area contributed by atoms with Crippen molar-refractivity contribution in [3.8, 4) is 0 Å². The van der Waals surface area contributed by atoms with Gasteiger partial charge in [0, 0.05) is 18.3 Å². The molecule has 1 fully saturated rings. The maximum atomic E-state index is 11.8. The zero-order valence-electron chi connectivity index (χ0n) is 10.1. The number of benzene rings is 1. The molecule has 2 rings (SSSR count). The largest absolute Gasteiger partial charge is 0.381 e. The monoisotopic (exact) mass is 250 g/mol. The van der Waals surface area contributed by atoms with Crippen LogP contribution in [-0.4, -0.2) is 24.7 Å². The number of carbonyl (C=O) groups excluding carboxylic acids is 1. The minimum atomic E-state index is 0.152. The minimum Gasteiger partial charge on any atom is -0.381 e. The lowest BCUT2D eigenvalue weighted by molar-refractivity contribution is -0.120. The Labute approximate surface area is 107 Å². The SMILES string of the molecule is Cc1ccccc1CSCC(=O)C1CCOC1. The standard InChI is InChI=1S/C14H18O2S/c1-11-4-2-3-5-13(11)9-17-10-14(15)12-6-7-16-8-12/h2-5,12H,6-10H2,1H3. The summed E-state index contributed by atoms with van der Waals surface area (Å²) in [5, 5.41) is 0. The van der Waals surface area contributed by atoms with Crippen LogP contribution in [0.4, 0.5) is 0 Å². The molecular formula is C14H18O2S. The average Bonchev–Trinajstić information content (AvgIpc) is 2.85. The minimum absolute atomic E-state index is 0.152. The fourth-order valence-electron chi connectivity index (χ4n) is 1.94. The van der Waals surface area contributed by atoms with Crippen molar-refractivity contribution in [2.45, 2.75) is 19.1 Å². The second-order valence-corrected chi connectivity index (χ2v) is 5.43. The van der Waals surface area contributed by atoms with Crippen LogP contribution in [0.1, 0.15) is 17.5 Å². The summed E-state index contributed by atoms with van der Waals surface area (Å²) in [7, 11) is 0. The van der Waals surface area contributed by atoms with Gasteiger partial charge >= 0.3 is 0 Å². The number of rotatable bonds is 5. The van der Waals surface area contributed by atoms with Gasteiger partial charge in [0.2, 0.25) is 0 Å². The highest BCUT2D eigenvalue weighted by Crippen LogP contribution is 2.19. The van der Waals surface area contributed by atoms with E-state index in [-0.39, 0.29) is 5.92 Å². The van der Waals surface area contributed by atoms with Crippen LogP contribution in [0.3, 0.4) is 0 Å². The molecule has 1 atom stereocenters. The third-order valence-corrected chi connectivity index (χ3v) is 4.15. The van der Waals surface area contributed by atoms with Gasteiger partial charge < -0.3 is 4.74 Å². The van der Waals surface area contributed by atoms with E-state index in [2.05, 4.69) is 25.1 Å². The molecule has 1 aromatic rings. The lowest BCUT2D eigenvalue weighted by atomic mass is 10.1. The zero-order valence-corrected chi connectivity index (χ0v) is 11.0. The van der Waals surface area contributed by atoms with Crippen LogP contribution in [0.2, 0.25) is 0 Å². The van der Waals surface area contributed by atoms with E-state index >= 15 is 0 Å². The molecule has 3 heteroatoms. The van der Waals surface area contributed by atoms with E-state index in [1.165, 1.54) is 11.1 Å². The number of ketones is 1. The van der Waals surface area contributed by atoms with E-state index in [4.69, 9.17) is 4.74 Å². The lowest BCUT2D eigenvalue weighted by Gasteiger charge is -2.07. The van der Waals surface area contributed by atoms with Gasteiger partial charge in [-0.3, -0.25) is 4.79 Å². The van der Waals surface area contributed by atoms with Gasteiger partial charge in [0.15, 0.2) is 0 Å². The van der Waals surface area contributed by atoms with Crippen molar-refractivity contribution >= 4 is 17.5 Å². The molecular weight excluding hydrogens is 232 g/mol. The Kier molecular flexibility index (Phi) is 4.63. The molecule has 0 aromatic heterocycles. The smallest absolute Gasteiger partial charge is 0.148 e. The highest BCUT2D eigenvalue weighted by molar-refractivity contribution is 7.99. The first-order valence-corrected chi connectivity index (χ1v) is 7.15. The number of carbonyl (C=O) groups is 1. The van der Waals surface area contributed by atoms with Crippen LogP contribution in [0.25, 0.3) is 0 Å². The number of ether oxygens (including phenoxy) is 1. The molecule has 0 radical (unpaired) electrons. The van der Waals surface area contributed by atoms with Crippen molar-refractivity contribution in [3.05, 3.63) is 35.4 Å².